The first-order valence-corrected chi connectivity index (χ1v) is 16.4. The lowest BCUT2D eigenvalue weighted by atomic mass is 9.95. The minimum atomic E-state index is -4.78. The first-order chi connectivity index (χ1) is 21.6. The Morgan fingerprint density at radius 2 is 1.87 bits per heavy atom. The molecule has 46 heavy (non-hydrogen) atoms. The summed E-state index contributed by atoms with van der Waals surface area (Å²) in [5.74, 6) is -0.950. The number of hydrogen-bond donors (Lipinski definition) is 4. The number of aliphatic hydroxyl groups is 1. The predicted molar refractivity (Wildman–Crippen MR) is 175 cm³/mol. The van der Waals surface area contributed by atoms with Crippen LogP contribution < -0.4 is 11.1 Å². The fourth-order valence-corrected chi connectivity index (χ4v) is 4.87. The molecule has 0 aromatic heterocycles. The third-order valence-corrected chi connectivity index (χ3v) is 7.05. The summed E-state index contributed by atoms with van der Waals surface area (Å²) in [6, 6.07) is 0. The van der Waals surface area contributed by atoms with Crippen molar-refractivity contribution in [3.8, 4) is 0 Å². The number of nitrogens with two attached hydrogens (primary N) is 1. The van der Waals surface area contributed by atoms with Crippen LogP contribution in [-0.2, 0) is 33.6 Å². The first kappa shape index (κ1) is 40.2. The number of primary amides is 1. The highest BCUT2D eigenvalue weighted by Gasteiger charge is 2.22. The summed E-state index contributed by atoms with van der Waals surface area (Å²) >= 11 is 0. The van der Waals surface area contributed by atoms with Gasteiger partial charge in [0.05, 0.1) is 6.10 Å². The topological polar surface area (TPSA) is 192 Å². The third kappa shape index (κ3) is 19.6. The Bertz CT molecular complexity index is 1340. The van der Waals surface area contributed by atoms with Gasteiger partial charge in [-0.25, -0.2) is 13.8 Å². The van der Waals surface area contributed by atoms with E-state index in [1.807, 2.05) is 46.8 Å². The van der Waals surface area contributed by atoms with E-state index in [1.54, 1.807) is 30.5 Å². The molecule has 0 bridgehead atoms. The van der Waals surface area contributed by atoms with Gasteiger partial charge in [-0.05, 0) is 65.9 Å². The van der Waals surface area contributed by atoms with E-state index in [4.69, 9.17) is 19.4 Å². The molecule has 2 amide bonds. The van der Waals surface area contributed by atoms with Crippen LogP contribution >= 0.6 is 0 Å². The average molecular weight is 665 g/mol. The SMILES string of the molecule is CC(C)=CC(=O)NC=CC(C)=CC(C)C1CC(C)=CC=CCCC(OS(=O)(=O)O)C=CC(O)C(OC(N)=O)CCCC=CC(=O)O1. The third-order valence-electron chi connectivity index (χ3n) is 6.56. The molecule has 0 radical (unpaired) electrons. The second-order valence-corrected chi connectivity index (χ2v) is 12.3. The van der Waals surface area contributed by atoms with Gasteiger partial charge in [0, 0.05) is 30.7 Å². The Morgan fingerprint density at radius 1 is 1.15 bits per heavy atom. The van der Waals surface area contributed by atoms with Gasteiger partial charge in [-0.2, -0.15) is 8.42 Å². The van der Waals surface area contributed by atoms with Crippen molar-refractivity contribution in [2.75, 3.05) is 0 Å². The molecule has 5 N–H and O–H groups in total. The number of ether oxygens (including phenoxy) is 2. The lowest BCUT2D eigenvalue weighted by molar-refractivity contribution is -0.144. The number of carbonyl (C=O) groups excluding carboxylic acids is 3. The Balaban J connectivity index is 3.23. The van der Waals surface area contributed by atoms with Gasteiger partial charge in [-0.3, -0.25) is 9.35 Å². The maximum absolute atomic E-state index is 12.8. The fourth-order valence-electron chi connectivity index (χ4n) is 4.39. The molecule has 1 aliphatic rings. The summed E-state index contributed by atoms with van der Waals surface area (Å²) in [6.45, 7) is 9.36. The number of allylic oxidation sites excluding steroid dienone is 7. The first-order valence-electron chi connectivity index (χ1n) is 15.0. The van der Waals surface area contributed by atoms with Crippen LogP contribution in [0.3, 0.4) is 0 Å². The van der Waals surface area contributed by atoms with Crippen molar-refractivity contribution in [3.63, 3.8) is 0 Å². The number of esters is 1. The molecule has 0 saturated carbocycles. The standard InChI is InChI=1S/C33H48N2O10S/c1-23(2)20-31(37)35-19-18-25(4)21-26(5)30-22-24(3)12-8-6-9-13-27(45-46(40,41)42)16-17-28(36)29(44-33(34)39)14-10-7-11-15-32(38)43-30/h6,8,11-12,15-21,26-30,36H,7,9-10,13-14,22H2,1-5H3,(H2,34,39)(H,35,37)(H,40,41,42). The molecule has 1 heterocycles. The largest absolute Gasteiger partial charge is 0.458 e. The van der Waals surface area contributed by atoms with E-state index in [2.05, 4.69) is 5.32 Å². The molecule has 13 heteroatoms. The van der Waals surface area contributed by atoms with Gasteiger partial charge in [0.2, 0.25) is 5.91 Å². The minimum Gasteiger partial charge on any atom is -0.458 e. The zero-order valence-electron chi connectivity index (χ0n) is 27.1. The number of amides is 2. The molecule has 0 spiro atoms. The summed E-state index contributed by atoms with van der Waals surface area (Å²) < 4.78 is 47.5. The van der Waals surface area contributed by atoms with E-state index in [1.165, 1.54) is 24.3 Å². The van der Waals surface area contributed by atoms with Crippen LogP contribution in [-0.4, -0.2) is 60.5 Å². The van der Waals surface area contributed by atoms with Gasteiger partial charge in [0.1, 0.15) is 18.3 Å². The quantitative estimate of drug-likeness (QED) is 0.0897. The number of rotatable bonds is 8. The summed E-state index contributed by atoms with van der Waals surface area (Å²) in [7, 11) is -4.78. The van der Waals surface area contributed by atoms with Crippen molar-refractivity contribution in [1.29, 1.82) is 0 Å². The summed E-state index contributed by atoms with van der Waals surface area (Å²) in [5, 5.41) is 13.3. The van der Waals surface area contributed by atoms with E-state index in [0.29, 0.717) is 25.7 Å². The Morgan fingerprint density at radius 3 is 2.52 bits per heavy atom. The zero-order chi connectivity index (χ0) is 34.7. The van der Waals surface area contributed by atoms with Crippen LogP contribution in [0.15, 0.2) is 83.7 Å². The summed E-state index contributed by atoms with van der Waals surface area (Å²) in [5.41, 5.74) is 7.81. The molecular weight excluding hydrogens is 616 g/mol. The van der Waals surface area contributed by atoms with E-state index >= 15 is 0 Å². The van der Waals surface area contributed by atoms with Crippen LogP contribution in [0.5, 0.6) is 0 Å². The molecule has 12 nitrogen and oxygen atoms in total. The van der Waals surface area contributed by atoms with Crippen molar-refractivity contribution in [3.05, 3.63) is 83.7 Å². The van der Waals surface area contributed by atoms with E-state index in [0.717, 1.165) is 16.7 Å². The summed E-state index contributed by atoms with van der Waals surface area (Å²) in [6.07, 6.45) is 14.4. The van der Waals surface area contributed by atoms with Gasteiger partial charge in [0.25, 0.3) is 0 Å². The van der Waals surface area contributed by atoms with Crippen LogP contribution in [0.25, 0.3) is 0 Å². The van der Waals surface area contributed by atoms with Crippen molar-refractivity contribution in [1.82, 2.24) is 5.32 Å². The van der Waals surface area contributed by atoms with Crippen molar-refractivity contribution >= 4 is 28.4 Å². The highest BCUT2D eigenvalue weighted by molar-refractivity contribution is 7.80. The second kappa shape index (κ2) is 21.1. The molecule has 0 aromatic rings. The molecule has 0 aromatic carbocycles. The number of hydrogen-bond acceptors (Lipinski definition) is 9. The number of carbonyl (C=O) groups is 3. The molecule has 1 rings (SSSR count). The minimum absolute atomic E-state index is 0.141. The highest BCUT2D eigenvalue weighted by Crippen LogP contribution is 2.21. The molecule has 0 fully saturated rings. The van der Waals surface area contributed by atoms with E-state index in [-0.39, 0.29) is 24.7 Å². The van der Waals surface area contributed by atoms with Crippen molar-refractivity contribution < 1.29 is 46.1 Å². The van der Waals surface area contributed by atoms with Crippen LogP contribution in [0.1, 0.15) is 73.1 Å². The maximum Gasteiger partial charge on any atom is 0.404 e. The second-order valence-electron chi connectivity index (χ2n) is 11.3. The summed E-state index contributed by atoms with van der Waals surface area (Å²) in [4.78, 5) is 36.0. The Kier molecular flexibility index (Phi) is 18.5. The molecule has 256 valence electrons. The van der Waals surface area contributed by atoms with Crippen LogP contribution in [0.4, 0.5) is 4.79 Å². The predicted octanol–water partition coefficient (Wildman–Crippen LogP) is 5.06. The van der Waals surface area contributed by atoms with Crippen LogP contribution in [0.2, 0.25) is 0 Å². The molecule has 5 unspecified atom stereocenters. The normalized spacial score (nSPS) is 23.6. The molecule has 0 saturated heterocycles. The Hall–Kier alpha value is -3.78. The highest BCUT2D eigenvalue weighted by atomic mass is 32.3. The monoisotopic (exact) mass is 664 g/mol. The Labute approximate surface area is 272 Å². The average Bonchev–Trinajstić information content (AvgIpc) is 2.92. The van der Waals surface area contributed by atoms with Gasteiger partial charge in [0.15, 0.2) is 0 Å². The van der Waals surface area contributed by atoms with Crippen LogP contribution in [0, 0.1) is 5.92 Å². The molecular formula is C33H48N2O10S. The fraction of sp³-hybridized carbons (Fsp3) is 0.485. The number of aliphatic hydroxyl groups excluding tert-OH is 1. The van der Waals surface area contributed by atoms with Gasteiger partial charge in [-0.1, -0.05) is 66.2 Å². The molecule has 1 aliphatic heterocycles. The van der Waals surface area contributed by atoms with E-state index < -0.39 is 46.9 Å². The lowest BCUT2D eigenvalue weighted by Crippen LogP contribution is -2.32. The van der Waals surface area contributed by atoms with Crippen molar-refractivity contribution in [2.24, 2.45) is 11.7 Å². The smallest absolute Gasteiger partial charge is 0.404 e. The molecule has 0 aliphatic carbocycles. The maximum atomic E-state index is 12.8. The van der Waals surface area contributed by atoms with Gasteiger partial charge >= 0.3 is 22.5 Å². The van der Waals surface area contributed by atoms with Gasteiger partial charge in [-0.15, -0.1) is 0 Å². The number of cyclic esters (lactones) is 1. The zero-order valence-corrected chi connectivity index (χ0v) is 27.9. The lowest BCUT2D eigenvalue weighted by Gasteiger charge is -2.22. The van der Waals surface area contributed by atoms with E-state index in [9.17, 15) is 32.5 Å². The van der Waals surface area contributed by atoms with Crippen molar-refractivity contribution in [2.45, 2.75) is 97.6 Å². The molecule has 5 atom stereocenters. The van der Waals surface area contributed by atoms with Gasteiger partial charge < -0.3 is 25.6 Å². The number of nitrogens with one attached hydrogen (secondary N) is 1.